The van der Waals surface area contributed by atoms with E-state index in [1.54, 1.807) is 6.07 Å². The van der Waals surface area contributed by atoms with Crippen LogP contribution < -0.4 is 11.1 Å². The molecule has 9 nitrogen and oxygen atoms in total. The first kappa shape index (κ1) is 24.1. The minimum atomic E-state index is -0.457. The Morgan fingerprint density at radius 3 is 2.74 bits per heavy atom. The summed E-state index contributed by atoms with van der Waals surface area (Å²) in [6.07, 6.45) is 0.205. The zero-order valence-corrected chi connectivity index (χ0v) is 21.6. The molecular weight excluding hydrogens is 478 g/mol. The van der Waals surface area contributed by atoms with Crippen LogP contribution in [0.4, 0.5) is 5.82 Å². The molecule has 4 heterocycles. The number of ether oxygens (including phenoxy) is 1. The van der Waals surface area contributed by atoms with Crippen molar-refractivity contribution in [1.82, 2.24) is 24.1 Å². The second kappa shape index (κ2) is 9.92. The number of nitrogens with one attached hydrogen (secondary N) is 1. The Balaban J connectivity index is 1.47. The van der Waals surface area contributed by atoms with Crippen LogP contribution >= 0.6 is 0 Å². The molecule has 0 spiro atoms. The van der Waals surface area contributed by atoms with Crippen LogP contribution in [0.3, 0.4) is 0 Å². The van der Waals surface area contributed by atoms with E-state index in [-0.39, 0.29) is 6.10 Å². The summed E-state index contributed by atoms with van der Waals surface area (Å²) in [5.41, 5.74) is 11.0. The molecule has 5 aromatic rings. The fourth-order valence-corrected chi connectivity index (χ4v) is 5.27. The number of primary amides is 1. The van der Waals surface area contributed by atoms with Gasteiger partial charge in [0, 0.05) is 42.8 Å². The van der Waals surface area contributed by atoms with Crippen molar-refractivity contribution in [2.24, 2.45) is 5.73 Å². The molecule has 6 rings (SSSR count). The molecule has 0 saturated carbocycles. The minimum Gasteiger partial charge on any atom is -0.376 e. The third-order valence-corrected chi connectivity index (χ3v) is 7.09. The number of carbonyl (C=O) groups excluding carboxylic acids is 1. The highest BCUT2D eigenvalue weighted by molar-refractivity contribution is 6.06. The van der Waals surface area contributed by atoms with Gasteiger partial charge in [-0.05, 0) is 49.7 Å². The smallest absolute Gasteiger partial charge is 0.254 e. The van der Waals surface area contributed by atoms with Crippen LogP contribution in [-0.4, -0.2) is 55.8 Å². The molecule has 0 radical (unpaired) electrons. The van der Waals surface area contributed by atoms with Gasteiger partial charge in [0.2, 0.25) is 5.91 Å². The van der Waals surface area contributed by atoms with Gasteiger partial charge in [-0.1, -0.05) is 36.4 Å². The van der Waals surface area contributed by atoms with Crippen LogP contribution in [-0.2, 0) is 17.8 Å². The van der Waals surface area contributed by atoms with Crippen molar-refractivity contribution in [3.05, 3.63) is 89.2 Å². The number of fused-ring (bicyclic) bond motifs is 2. The van der Waals surface area contributed by atoms with Crippen LogP contribution in [0.25, 0.3) is 22.4 Å². The molecule has 1 fully saturated rings. The molecule has 0 bridgehead atoms. The highest BCUT2D eigenvalue weighted by Crippen LogP contribution is 2.28. The topological polar surface area (TPSA) is 103 Å². The summed E-state index contributed by atoms with van der Waals surface area (Å²) in [6.45, 7) is 7.97. The lowest BCUT2D eigenvalue weighted by atomic mass is 10.1. The number of morpholine rings is 1. The fourth-order valence-electron chi connectivity index (χ4n) is 5.27. The predicted molar refractivity (Wildman–Crippen MR) is 148 cm³/mol. The summed E-state index contributed by atoms with van der Waals surface area (Å²) in [4.78, 5) is 19.5. The van der Waals surface area contributed by atoms with Crippen molar-refractivity contribution in [2.45, 2.75) is 33.0 Å². The maximum absolute atomic E-state index is 12.1. The summed E-state index contributed by atoms with van der Waals surface area (Å²) in [6, 6.07) is 22.0. The van der Waals surface area contributed by atoms with Gasteiger partial charge in [0.15, 0.2) is 5.82 Å². The SMILES string of the molecule is Cc1cc2c(C(N)=O)cccc2n1-c1nc(NCc2ccccc2)c2ccc(CN3CCO[C@@H](C)C3)n2n1. The maximum atomic E-state index is 12.1. The third kappa shape index (κ3) is 4.51. The summed E-state index contributed by atoms with van der Waals surface area (Å²) in [5, 5.41) is 9.34. The van der Waals surface area contributed by atoms with E-state index in [4.69, 9.17) is 20.6 Å². The number of amides is 1. The van der Waals surface area contributed by atoms with E-state index in [1.807, 2.05) is 52.4 Å². The van der Waals surface area contributed by atoms with Crippen molar-refractivity contribution < 1.29 is 9.53 Å². The minimum absolute atomic E-state index is 0.205. The number of aryl methyl sites for hydroxylation is 1. The molecule has 194 valence electrons. The van der Waals surface area contributed by atoms with Crippen molar-refractivity contribution in [1.29, 1.82) is 0 Å². The van der Waals surface area contributed by atoms with Crippen molar-refractivity contribution in [2.75, 3.05) is 25.0 Å². The van der Waals surface area contributed by atoms with Gasteiger partial charge in [-0.2, -0.15) is 4.98 Å². The molecule has 1 atom stereocenters. The van der Waals surface area contributed by atoms with E-state index in [2.05, 4.69) is 41.4 Å². The van der Waals surface area contributed by atoms with Crippen molar-refractivity contribution >= 4 is 28.1 Å². The zero-order valence-electron chi connectivity index (χ0n) is 21.6. The first-order valence-electron chi connectivity index (χ1n) is 12.9. The van der Waals surface area contributed by atoms with Crippen molar-refractivity contribution in [3.8, 4) is 5.95 Å². The summed E-state index contributed by atoms with van der Waals surface area (Å²) in [5.74, 6) is 0.810. The van der Waals surface area contributed by atoms with Gasteiger partial charge in [0.1, 0.15) is 5.52 Å². The van der Waals surface area contributed by atoms with Crippen LogP contribution in [0.15, 0.2) is 66.7 Å². The van der Waals surface area contributed by atoms with Gasteiger partial charge < -0.3 is 15.8 Å². The summed E-state index contributed by atoms with van der Waals surface area (Å²) >= 11 is 0. The second-order valence-corrected chi connectivity index (χ2v) is 9.86. The van der Waals surface area contributed by atoms with E-state index in [1.165, 1.54) is 0 Å². The number of nitrogens with two attached hydrogens (primary N) is 1. The first-order chi connectivity index (χ1) is 18.5. The number of rotatable bonds is 7. The third-order valence-electron chi connectivity index (χ3n) is 7.09. The van der Waals surface area contributed by atoms with Gasteiger partial charge in [0.05, 0.1) is 23.9 Å². The highest BCUT2D eigenvalue weighted by Gasteiger charge is 2.21. The summed E-state index contributed by atoms with van der Waals surface area (Å²) in [7, 11) is 0. The number of carbonyl (C=O) groups is 1. The molecule has 2 aromatic carbocycles. The van der Waals surface area contributed by atoms with Gasteiger partial charge in [-0.3, -0.25) is 14.3 Å². The number of benzene rings is 2. The van der Waals surface area contributed by atoms with E-state index >= 15 is 0 Å². The average molecular weight is 510 g/mol. The predicted octanol–water partition coefficient (Wildman–Crippen LogP) is 3.91. The lowest BCUT2D eigenvalue weighted by Gasteiger charge is -2.30. The molecule has 3 N–H and O–H groups in total. The molecule has 1 aliphatic rings. The van der Waals surface area contributed by atoms with Crippen LogP contribution in [0.1, 0.15) is 34.2 Å². The van der Waals surface area contributed by atoms with Crippen LogP contribution in [0.2, 0.25) is 0 Å². The van der Waals surface area contributed by atoms with Crippen LogP contribution in [0.5, 0.6) is 0 Å². The summed E-state index contributed by atoms with van der Waals surface area (Å²) < 4.78 is 9.70. The highest BCUT2D eigenvalue weighted by atomic mass is 16.5. The lowest BCUT2D eigenvalue weighted by molar-refractivity contribution is -0.0217. The van der Waals surface area contributed by atoms with E-state index in [0.717, 1.165) is 65.4 Å². The Bertz CT molecular complexity index is 1620. The molecule has 38 heavy (non-hydrogen) atoms. The molecule has 1 aliphatic heterocycles. The molecule has 1 amide bonds. The Kier molecular flexibility index (Phi) is 6.30. The fraction of sp³-hybridized carbons (Fsp3) is 0.276. The van der Waals surface area contributed by atoms with Crippen molar-refractivity contribution in [3.63, 3.8) is 0 Å². The lowest BCUT2D eigenvalue weighted by Crippen LogP contribution is -2.40. The molecule has 0 unspecified atom stereocenters. The van der Waals surface area contributed by atoms with E-state index in [9.17, 15) is 4.79 Å². The molecule has 3 aromatic heterocycles. The number of hydrogen-bond donors (Lipinski definition) is 2. The Hall–Kier alpha value is -4.21. The molecule has 1 saturated heterocycles. The normalized spacial score (nSPS) is 16.3. The maximum Gasteiger partial charge on any atom is 0.254 e. The first-order valence-corrected chi connectivity index (χ1v) is 12.9. The van der Waals surface area contributed by atoms with E-state index < -0.39 is 5.91 Å². The number of hydrogen-bond acceptors (Lipinski definition) is 6. The molecule has 0 aliphatic carbocycles. The van der Waals surface area contributed by atoms with E-state index in [0.29, 0.717) is 18.1 Å². The van der Waals surface area contributed by atoms with Crippen LogP contribution in [0, 0.1) is 6.92 Å². The molecular formula is C29H31N7O2. The Labute approximate surface area is 220 Å². The monoisotopic (exact) mass is 509 g/mol. The van der Waals surface area contributed by atoms with Gasteiger partial charge in [-0.15, -0.1) is 5.10 Å². The van der Waals surface area contributed by atoms with Gasteiger partial charge >= 0.3 is 0 Å². The number of anilines is 1. The number of aromatic nitrogens is 4. The average Bonchev–Trinajstić information content (AvgIpc) is 3.47. The zero-order chi connectivity index (χ0) is 26.2. The quantitative estimate of drug-likeness (QED) is 0.345. The van der Waals surface area contributed by atoms with Gasteiger partial charge in [-0.25, -0.2) is 4.52 Å². The largest absolute Gasteiger partial charge is 0.376 e. The second-order valence-electron chi connectivity index (χ2n) is 9.86. The standard InChI is InChI=1S/C29H31N7O2/c1-19-15-24-23(27(30)37)9-6-10-25(24)35(19)29-32-28(31-16-21-7-4-3-5-8-21)26-12-11-22(36(26)33-29)18-34-13-14-38-20(2)17-34/h3-12,15,20H,13-14,16-18H2,1-2H3,(H2,30,37)(H,31,32,33)/t20-/m0/s1. The van der Waals surface area contributed by atoms with Gasteiger partial charge in [0.25, 0.3) is 5.95 Å². The Morgan fingerprint density at radius 1 is 1.11 bits per heavy atom. The molecule has 9 heteroatoms. The Morgan fingerprint density at radius 2 is 1.95 bits per heavy atom. The number of nitrogens with zero attached hydrogens (tertiary/aromatic N) is 5.